The lowest BCUT2D eigenvalue weighted by Gasteiger charge is -2.20. The molecule has 0 radical (unpaired) electrons. The summed E-state index contributed by atoms with van der Waals surface area (Å²) in [4.78, 5) is 20.1. The van der Waals surface area contributed by atoms with Gasteiger partial charge in [0.2, 0.25) is 5.17 Å². The molecular formula is C14H13N5OS. The van der Waals surface area contributed by atoms with Crippen LogP contribution in [0.2, 0.25) is 0 Å². The van der Waals surface area contributed by atoms with E-state index in [9.17, 15) is 4.79 Å². The number of pyridine rings is 1. The van der Waals surface area contributed by atoms with Gasteiger partial charge in [0.1, 0.15) is 5.04 Å². The van der Waals surface area contributed by atoms with Crippen LogP contribution < -0.4 is 0 Å². The first kappa shape index (κ1) is 13.7. The van der Waals surface area contributed by atoms with E-state index in [1.54, 1.807) is 24.5 Å². The van der Waals surface area contributed by atoms with Crippen LogP contribution in [0.5, 0.6) is 0 Å². The van der Waals surface area contributed by atoms with Gasteiger partial charge in [-0.2, -0.15) is 15.1 Å². The highest BCUT2D eigenvalue weighted by molar-refractivity contribution is 8.26. The van der Waals surface area contributed by atoms with Crippen molar-refractivity contribution in [1.82, 2.24) is 9.99 Å². The van der Waals surface area contributed by atoms with E-state index in [2.05, 4.69) is 22.0 Å². The summed E-state index contributed by atoms with van der Waals surface area (Å²) in [5, 5.41) is 15.3. The Hall–Kier alpha value is -2.28. The fourth-order valence-electron chi connectivity index (χ4n) is 1.97. The molecule has 106 valence electrons. The van der Waals surface area contributed by atoms with E-state index < -0.39 is 5.91 Å². The fourth-order valence-corrected chi connectivity index (χ4v) is 2.96. The van der Waals surface area contributed by atoms with Crippen molar-refractivity contribution in [1.29, 1.82) is 5.41 Å². The molecule has 21 heavy (non-hydrogen) atoms. The summed E-state index contributed by atoms with van der Waals surface area (Å²) in [6.45, 7) is 2.06. The Morgan fingerprint density at radius 3 is 3.05 bits per heavy atom. The lowest BCUT2D eigenvalue weighted by atomic mass is 10.1. The van der Waals surface area contributed by atoms with Crippen LogP contribution >= 0.6 is 11.8 Å². The van der Waals surface area contributed by atoms with Crippen LogP contribution in [0, 0.1) is 5.41 Å². The predicted molar refractivity (Wildman–Crippen MR) is 84.2 cm³/mol. The molecule has 1 N–H and O–H groups in total. The van der Waals surface area contributed by atoms with Crippen LogP contribution in [0.1, 0.15) is 25.3 Å². The summed E-state index contributed by atoms with van der Waals surface area (Å²) in [5.41, 5.74) is 0.989. The summed E-state index contributed by atoms with van der Waals surface area (Å²) < 4.78 is 0. The van der Waals surface area contributed by atoms with Crippen LogP contribution in [0.3, 0.4) is 0 Å². The molecule has 0 aromatic carbocycles. The number of nitrogens with zero attached hydrogens (tertiary/aromatic N) is 4. The minimum absolute atomic E-state index is 0.0625. The number of amides is 1. The third-order valence-corrected chi connectivity index (χ3v) is 3.92. The van der Waals surface area contributed by atoms with Gasteiger partial charge in [0.05, 0.1) is 5.57 Å². The molecule has 0 atom stereocenters. The number of amidine groups is 2. The van der Waals surface area contributed by atoms with Gasteiger partial charge in [-0.25, -0.2) is 0 Å². The van der Waals surface area contributed by atoms with Gasteiger partial charge >= 0.3 is 0 Å². The highest BCUT2D eigenvalue weighted by Crippen LogP contribution is 2.29. The van der Waals surface area contributed by atoms with Crippen molar-refractivity contribution >= 4 is 39.8 Å². The number of nitrogens with one attached hydrogen (secondary N) is 1. The van der Waals surface area contributed by atoms with Crippen molar-refractivity contribution in [2.75, 3.05) is 0 Å². The largest absolute Gasteiger partial charge is 0.283 e. The third kappa shape index (κ3) is 2.64. The number of carbonyl (C=O) groups excluding carboxylic acids is 1. The van der Waals surface area contributed by atoms with Gasteiger partial charge in [-0.3, -0.25) is 15.2 Å². The Morgan fingerprint density at radius 1 is 1.48 bits per heavy atom. The molecule has 0 aliphatic carbocycles. The molecule has 2 aliphatic rings. The molecule has 0 bridgehead atoms. The normalized spacial score (nSPS) is 19.7. The molecule has 0 saturated heterocycles. The molecule has 7 heteroatoms. The zero-order chi connectivity index (χ0) is 14.8. The predicted octanol–water partition coefficient (Wildman–Crippen LogP) is 2.50. The van der Waals surface area contributed by atoms with Crippen LogP contribution in [-0.4, -0.2) is 31.9 Å². The number of hydrogen-bond acceptors (Lipinski definition) is 5. The molecule has 2 aliphatic heterocycles. The van der Waals surface area contributed by atoms with Gasteiger partial charge in [0.25, 0.3) is 5.91 Å². The van der Waals surface area contributed by atoms with Crippen LogP contribution in [0.4, 0.5) is 0 Å². The second-order valence-corrected chi connectivity index (χ2v) is 5.59. The molecule has 1 amide bonds. The fraction of sp³-hybridized carbons (Fsp3) is 0.214. The van der Waals surface area contributed by atoms with E-state index >= 15 is 0 Å². The number of rotatable bonds is 3. The van der Waals surface area contributed by atoms with E-state index in [4.69, 9.17) is 5.41 Å². The van der Waals surface area contributed by atoms with Crippen LogP contribution in [0.25, 0.3) is 6.08 Å². The molecule has 1 aromatic heterocycles. The number of hydrazone groups is 1. The SMILES string of the molecule is CCCC1=NN2C(=N)C(=Cc3cccnc3)C(=O)N=C2S1. The van der Waals surface area contributed by atoms with E-state index in [0.29, 0.717) is 5.17 Å². The topological polar surface area (TPSA) is 81.8 Å². The lowest BCUT2D eigenvalue weighted by Crippen LogP contribution is -2.35. The van der Waals surface area contributed by atoms with Gasteiger partial charge in [-0.15, -0.1) is 0 Å². The van der Waals surface area contributed by atoms with Gasteiger partial charge in [-0.1, -0.05) is 13.0 Å². The molecule has 0 fully saturated rings. The number of carbonyl (C=O) groups is 1. The van der Waals surface area contributed by atoms with Crippen molar-refractivity contribution in [3.63, 3.8) is 0 Å². The second kappa shape index (κ2) is 5.61. The summed E-state index contributed by atoms with van der Waals surface area (Å²) >= 11 is 1.36. The smallest absolute Gasteiger partial charge is 0.282 e. The Morgan fingerprint density at radius 2 is 2.33 bits per heavy atom. The molecule has 6 nitrogen and oxygen atoms in total. The minimum Gasteiger partial charge on any atom is -0.282 e. The molecule has 3 rings (SSSR count). The molecule has 0 spiro atoms. The first-order valence-corrected chi connectivity index (χ1v) is 7.40. The Labute approximate surface area is 126 Å². The van der Waals surface area contributed by atoms with Gasteiger partial charge in [-0.05, 0) is 42.3 Å². The van der Waals surface area contributed by atoms with Crippen molar-refractivity contribution in [3.05, 3.63) is 35.7 Å². The number of hydrogen-bond donors (Lipinski definition) is 1. The average Bonchev–Trinajstić information content (AvgIpc) is 2.88. The van der Waals surface area contributed by atoms with E-state index in [-0.39, 0.29) is 11.4 Å². The van der Waals surface area contributed by atoms with Crippen LogP contribution in [0.15, 0.2) is 40.2 Å². The number of thioether (sulfide) groups is 1. The summed E-state index contributed by atoms with van der Waals surface area (Å²) in [5.74, 6) is -0.344. The standard InChI is InChI=1S/C14H13N5OS/c1-2-4-11-18-19-12(15)10(13(20)17-14(19)21-11)7-9-5-3-6-16-8-9/h3,5-8,15H,2,4H2,1H3. The van der Waals surface area contributed by atoms with Crippen molar-refractivity contribution in [3.8, 4) is 0 Å². The molecule has 0 saturated carbocycles. The maximum atomic E-state index is 12.1. The second-order valence-electron chi connectivity index (χ2n) is 4.55. The van der Waals surface area contributed by atoms with E-state index in [0.717, 1.165) is 23.4 Å². The first-order chi connectivity index (χ1) is 10.2. The highest BCUT2D eigenvalue weighted by atomic mass is 32.2. The average molecular weight is 299 g/mol. The van der Waals surface area contributed by atoms with Crippen molar-refractivity contribution in [2.45, 2.75) is 19.8 Å². The molecule has 1 aromatic rings. The number of aliphatic imine (C=N–C) groups is 1. The molecule has 0 unspecified atom stereocenters. The molecular weight excluding hydrogens is 286 g/mol. The minimum atomic E-state index is -0.407. The Bertz CT molecular complexity index is 693. The van der Waals surface area contributed by atoms with Gasteiger partial charge in [0, 0.05) is 12.4 Å². The van der Waals surface area contributed by atoms with E-state index in [1.807, 2.05) is 6.07 Å². The third-order valence-electron chi connectivity index (χ3n) is 2.96. The Kier molecular flexibility index (Phi) is 3.66. The zero-order valence-electron chi connectivity index (χ0n) is 11.4. The highest BCUT2D eigenvalue weighted by Gasteiger charge is 2.35. The summed E-state index contributed by atoms with van der Waals surface area (Å²) in [6.07, 6.45) is 6.70. The maximum absolute atomic E-state index is 12.1. The van der Waals surface area contributed by atoms with Crippen molar-refractivity contribution < 1.29 is 4.79 Å². The number of aromatic nitrogens is 1. The summed E-state index contributed by atoms with van der Waals surface area (Å²) in [7, 11) is 0. The summed E-state index contributed by atoms with van der Waals surface area (Å²) in [6, 6.07) is 3.60. The lowest BCUT2D eigenvalue weighted by molar-refractivity contribution is -0.114. The van der Waals surface area contributed by atoms with Crippen molar-refractivity contribution in [2.24, 2.45) is 10.1 Å². The van der Waals surface area contributed by atoms with Gasteiger partial charge < -0.3 is 0 Å². The number of fused-ring (bicyclic) bond motifs is 1. The van der Waals surface area contributed by atoms with Gasteiger partial charge in [0.15, 0.2) is 5.84 Å². The first-order valence-electron chi connectivity index (χ1n) is 6.58. The van der Waals surface area contributed by atoms with E-state index in [1.165, 1.54) is 16.8 Å². The Balaban J connectivity index is 1.94. The quantitative estimate of drug-likeness (QED) is 0.869. The zero-order valence-corrected chi connectivity index (χ0v) is 12.2. The monoisotopic (exact) mass is 299 g/mol. The molecule has 3 heterocycles. The van der Waals surface area contributed by atoms with Crippen LogP contribution in [-0.2, 0) is 4.79 Å². The maximum Gasteiger partial charge on any atom is 0.283 e.